The minimum Gasteiger partial charge on any atom is -0.508 e. The lowest BCUT2D eigenvalue weighted by Crippen LogP contribution is -2.14. The highest BCUT2D eigenvalue weighted by atomic mass is 35.5. The SMILES string of the molecule is CCc1ccccc1CNCc1cc(Cl)ccc1O. The van der Waals surface area contributed by atoms with Crippen LogP contribution in [0.1, 0.15) is 23.6 Å². The van der Waals surface area contributed by atoms with Crippen LogP contribution in [-0.4, -0.2) is 5.11 Å². The van der Waals surface area contributed by atoms with Gasteiger partial charge in [-0.05, 0) is 35.7 Å². The first-order chi connectivity index (χ1) is 9.20. The largest absolute Gasteiger partial charge is 0.508 e. The minimum atomic E-state index is 0.278. The van der Waals surface area contributed by atoms with Gasteiger partial charge in [0.2, 0.25) is 0 Å². The van der Waals surface area contributed by atoms with E-state index in [2.05, 4.69) is 30.4 Å². The van der Waals surface area contributed by atoms with Crippen LogP contribution in [0.25, 0.3) is 0 Å². The van der Waals surface area contributed by atoms with Crippen LogP contribution in [0, 0.1) is 0 Å². The molecular formula is C16H18ClNO. The molecule has 2 aromatic carbocycles. The standard InChI is InChI=1S/C16H18ClNO/c1-2-12-5-3-4-6-13(12)10-18-11-14-9-15(17)7-8-16(14)19/h3-9,18-19H,2,10-11H2,1H3. The van der Waals surface area contributed by atoms with Crippen molar-refractivity contribution < 1.29 is 5.11 Å². The van der Waals surface area contributed by atoms with Crippen LogP contribution in [0.4, 0.5) is 0 Å². The summed E-state index contributed by atoms with van der Waals surface area (Å²) in [5, 5.41) is 13.7. The third-order valence-corrected chi connectivity index (χ3v) is 3.41. The number of phenols is 1. The molecule has 0 aliphatic carbocycles. The Kier molecular flexibility index (Phi) is 4.83. The molecule has 0 bridgehead atoms. The van der Waals surface area contributed by atoms with E-state index < -0.39 is 0 Å². The molecule has 0 aliphatic rings. The van der Waals surface area contributed by atoms with Crippen molar-refractivity contribution in [3.8, 4) is 5.75 Å². The Hall–Kier alpha value is -1.51. The molecule has 0 saturated carbocycles. The maximum absolute atomic E-state index is 9.73. The summed E-state index contributed by atoms with van der Waals surface area (Å²) in [6.45, 7) is 3.54. The zero-order chi connectivity index (χ0) is 13.7. The van der Waals surface area contributed by atoms with Crippen LogP contribution in [0.15, 0.2) is 42.5 Å². The van der Waals surface area contributed by atoms with Crippen molar-refractivity contribution in [2.45, 2.75) is 26.4 Å². The second kappa shape index (κ2) is 6.60. The molecule has 3 heteroatoms. The zero-order valence-corrected chi connectivity index (χ0v) is 11.7. The lowest BCUT2D eigenvalue weighted by molar-refractivity contribution is 0.464. The number of hydrogen-bond acceptors (Lipinski definition) is 2. The van der Waals surface area contributed by atoms with Crippen LogP contribution in [0.2, 0.25) is 5.02 Å². The van der Waals surface area contributed by atoms with Gasteiger partial charge in [-0.1, -0.05) is 42.8 Å². The predicted molar refractivity (Wildman–Crippen MR) is 79.5 cm³/mol. The molecule has 0 saturated heterocycles. The molecule has 0 atom stereocenters. The maximum Gasteiger partial charge on any atom is 0.120 e. The van der Waals surface area contributed by atoms with Gasteiger partial charge in [0, 0.05) is 23.7 Å². The Bertz CT molecular complexity index is 554. The summed E-state index contributed by atoms with van der Waals surface area (Å²) in [5.74, 6) is 0.278. The van der Waals surface area contributed by atoms with Crippen molar-refractivity contribution in [1.82, 2.24) is 5.32 Å². The van der Waals surface area contributed by atoms with E-state index >= 15 is 0 Å². The molecule has 0 unspecified atom stereocenters. The summed E-state index contributed by atoms with van der Waals surface area (Å²) >= 11 is 5.92. The average molecular weight is 276 g/mol. The third kappa shape index (κ3) is 3.72. The van der Waals surface area contributed by atoms with Crippen molar-refractivity contribution in [2.24, 2.45) is 0 Å². The number of halogens is 1. The highest BCUT2D eigenvalue weighted by Gasteiger charge is 2.03. The molecule has 0 aliphatic heterocycles. The lowest BCUT2D eigenvalue weighted by Gasteiger charge is -2.10. The van der Waals surface area contributed by atoms with E-state index in [9.17, 15) is 5.11 Å². The summed E-state index contributed by atoms with van der Waals surface area (Å²) in [5.41, 5.74) is 3.47. The Morgan fingerprint density at radius 3 is 2.42 bits per heavy atom. The van der Waals surface area contributed by atoms with Gasteiger partial charge in [0.1, 0.15) is 5.75 Å². The molecular weight excluding hydrogens is 258 g/mol. The first-order valence-corrected chi connectivity index (χ1v) is 6.83. The molecule has 2 nitrogen and oxygen atoms in total. The smallest absolute Gasteiger partial charge is 0.120 e. The zero-order valence-electron chi connectivity index (χ0n) is 11.0. The fourth-order valence-corrected chi connectivity index (χ4v) is 2.30. The summed E-state index contributed by atoms with van der Waals surface area (Å²) in [6, 6.07) is 13.5. The van der Waals surface area contributed by atoms with Crippen molar-refractivity contribution in [3.05, 3.63) is 64.2 Å². The van der Waals surface area contributed by atoms with E-state index in [1.165, 1.54) is 11.1 Å². The highest BCUT2D eigenvalue weighted by Crippen LogP contribution is 2.21. The van der Waals surface area contributed by atoms with Crippen LogP contribution in [0.5, 0.6) is 5.75 Å². The molecule has 100 valence electrons. The number of aryl methyl sites for hydroxylation is 1. The van der Waals surface area contributed by atoms with E-state index in [1.807, 2.05) is 6.07 Å². The molecule has 0 heterocycles. The topological polar surface area (TPSA) is 32.3 Å². The van der Waals surface area contributed by atoms with Crippen LogP contribution >= 0.6 is 11.6 Å². The van der Waals surface area contributed by atoms with Gasteiger partial charge in [-0.25, -0.2) is 0 Å². The third-order valence-electron chi connectivity index (χ3n) is 3.17. The van der Waals surface area contributed by atoms with Gasteiger partial charge in [0.25, 0.3) is 0 Å². The number of nitrogens with one attached hydrogen (secondary N) is 1. The van der Waals surface area contributed by atoms with Gasteiger partial charge in [0.15, 0.2) is 0 Å². The molecule has 19 heavy (non-hydrogen) atoms. The summed E-state index contributed by atoms with van der Waals surface area (Å²) in [6.07, 6.45) is 1.03. The van der Waals surface area contributed by atoms with E-state index in [-0.39, 0.29) is 5.75 Å². The summed E-state index contributed by atoms with van der Waals surface area (Å²) in [7, 11) is 0. The Balaban J connectivity index is 1.98. The first-order valence-electron chi connectivity index (χ1n) is 6.45. The highest BCUT2D eigenvalue weighted by molar-refractivity contribution is 6.30. The fraction of sp³-hybridized carbons (Fsp3) is 0.250. The second-order valence-corrected chi connectivity index (χ2v) is 4.94. The Morgan fingerprint density at radius 1 is 1.00 bits per heavy atom. The summed E-state index contributed by atoms with van der Waals surface area (Å²) < 4.78 is 0. The summed E-state index contributed by atoms with van der Waals surface area (Å²) in [4.78, 5) is 0. The van der Waals surface area contributed by atoms with E-state index in [0.29, 0.717) is 11.6 Å². The predicted octanol–water partition coefficient (Wildman–Crippen LogP) is 3.90. The van der Waals surface area contributed by atoms with Crippen molar-refractivity contribution >= 4 is 11.6 Å². The number of phenolic OH excluding ortho intramolecular Hbond substituents is 1. The van der Waals surface area contributed by atoms with Gasteiger partial charge in [0.05, 0.1) is 0 Å². The van der Waals surface area contributed by atoms with Crippen LogP contribution in [0.3, 0.4) is 0 Å². The van der Waals surface area contributed by atoms with Crippen molar-refractivity contribution in [1.29, 1.82) is 0 Å². The van der Waals surface area contributed by atoms with E-state index in [0.717, 1.165) is 18.5 Å². The number of rotatable bonds is 5. The Labute approximate surface area is 119 Å². The maximum atomic E-state index is 9.73. The molecule has 0 radical (unpaired) electrons. The van der Waals surface area contributed by atoms with Crippen molar-refractivity contribution in [3.63, 3.8) is 0 Å². The van der Waals surface area contributed by atoms with Gasteiger partial charge < -0.3 is 10.4 Å². The second-order valence-electron chi connectivity index (χ2n) is 4.50. The van der Waals surface area contributed by atoms with Gasteiger partial charge in [-0.3, -0.25) is 0 Å². The quantitative estimate of drug-likeness (QED) is 0.867. The number of hydrogen-bond donors (Lipinski definition) is 2. The molecule has 2 rings (SSSR count). The van der Waals surface area contributed by atoms with Crippen molar-refractivity contribution in [2.75, 3.05) is 0 Å². The van der Waals surface area contributed by atoms with Crippen LogP contribution in [-0.2, 0) is 19.5 Å². The molecule has 2 N–H and O–H groups in total. The van der Waals surface area contributed by atoms with E-state index in [1.54, 1.807) is 18.2 Å². The van der Waals surface area contributed by atoms with Gasteiger partial charge in [-0.2, -0.15) is 0 Å². The normalized spacial score (nSPS) is 10.6. The average Bonchev–Trinajstić information content (AvgIpc) is 2.43. The first kappa shape index (κ1) is 13.9. The van der Waals surface area contributed by atoms with Crippen LogP contribution < -0.4 is 5.32 Å². The van der Waals surface area contributed by atoms with Gasteiger partial charge in [-0.15, -0.1) is 0 Å². The molecule has 0 fully saturated rings. The number of benzene rings is 2. The number of aromatic hydroxyl groups is 1. The molecule has 0 spiro atoms. The minimum absolute atomic E-state index is 0.278. The fourth-order valence-electron chi connectivity index (χ4n) is 2.10. The lowest BCUT2D eigenvalue weighted by atomic mass is 10.1. The van der Waals surface area contributed by atoms with Gasteiger partial charge >= 0.3 is 0 Å². The molecule has 0 amide bonds. The molecule has 0 aromatic heterocycles. The molecule has 2 aromatic rings. The van der Waals surface area contributed by atoms with E-state index in [4.69, 9.17) is 11.6 Å². The Morgan fingerprint density at radius 2 is 1.68 bits per heavy atom. The monoisotopic (exact) mass is 275 g/mol.